The molecule has 0 spiro atoms. The van der Waals surface area contributed by atoms with Crippen molar-refractivity contribution in [3.8, 4) is 33.6 Å². The minimum Gasteiger partial charge on any atom is -0.506 e. The van der Waals surface area contributed by atoms with Gasteiger partial charge in [0.25, 0.3) is 0 Å². The van der Waals surface area contributed by atoms with Crippen LogP contribution in [0.1, 0.15) is 33.5 Å². The molecule has 5 heteroatoms. The first-order valence-electron chi connectivity index (χ1n) is 15.8. The predicted molar refractivity (Wildman–Crippen MR) is 193 cm³/mol. The van der Waals surface area contributed by atoms with Gasteiger partial charge < -0.3 is 9.40 Å². The van der Waals surface area contributed by atoms with Gasteiger partial charge in [-0.1, -0.05) is 108 Å². The molecule has 8 rings (SSSR count). The molecule has 1 radical (unpaired) electrons. The zero-order chi connectivity index (χ0) is 32.7. The second-order valence-electron chi connectivity index (χ2n) is 12.3. The summed E-state index contributed by atoms with van der Waals surface area (Å²) in [7, 11) is 0. The quantitative estimate of drug-likeness (QED) is 0.167. The fraction of sp³-hybridized carbons (Fsp3) is 0.140. The number of pyridine rings is 3. The molecule has 0 fully saturated rings. The van der Waals surface area contributed by atoms with Gasteiger partial charge in [0.2, 0.25) is 0 Å². The van der Waals surface area contributed by atoms with E-state index in [4.69, 9.17) is 14.4 Å². The van der Waals surface area contributed by atoms with Crippen molar-refractivity contribution in [3.05, 3.63) is 149 Å². The third kappa shape index (κ3) is 6.44. The molecule has 4 aromatic heterocycles. The summed E-state index contributed by atoms with van der Waals surface area (Å²) < 4.78 is 5.69. The average Bonchev–Trinajstić information content (AvgIpc) is 3.56. The molecule has 0 atom stereocenters. The second kappa shape index (κ2) is 13.6. The van der Waals surface area contributed by atoms with E-state index in [2.05, 4.69) is 118 Å². The topological polar surface area (TPSA) is 51.8 Å². The first-order valence-corrected chi connectivity index (χ1v) is 15.8. The average molecular weight is 802 g/mol. The first-order chi connectivity index (χ1) is 22.7. The summed E-state index contributed by atoms with van der Waals surface area (Å²) in [4.78, 5) is 14.0. The number of aryl methyl sites for hydroxylation is 6. The summed E-state index contributed by atoms with van der Waals surface area (Å²) in [5.41, 5.74) is 15.1. The van der Waals surface area contributed by atoms with Crippen molar-refractivity contribution >= 4 is 32.6 Å². The number of fused-ring (bicyclic) bond motifs is 4. The summed E-state index contributed by atoms with van der Waals surface area (Å²) in [5, 5.41) is 4.39. The van der Waals surface area contributed by atoms with Crippen LogP contribution < -0.4 is 0 Å². The third-order valence-corrected chi connectivity index (χ3v) is 8.89. The first kappa shape index (κ1) is 33.0. The zero-order valence-electron chi connectivity index (χ0n) is 27.9. The van der Waals surface area contributed by atoms with Gasteiger partial charge in [0, 0.05) is 55.7 Å². The van der Waals surface area contributed by atoms with Crippen LogP contribution in [-0.2, 0) is 20.1 Å². The van der Waals surface area contributed by atoms with Crippen molar-refractivity contribution in [2.45, 2.75) is 41.5 Å². The second-order valence-corrected chi connectivity index (χ2v) is 12.3. The van der Waals surface area contributed by atoms with E-state index in [-0.39, 0.29) is 20.1 Å². The number of benzene rings is 4. The number of rotatable bonds is 3. The van der Waals surface area contributed by atoms with Crippen LogP contribution in [0.5, 0.6) is 0 Å². The van der Waals surface area contributed by atoms with E-state index in [0.29, 0.717) is 0 Å². The Hall–Kier alpha value is -4.96. The molecule has 8 aromatic rings. The van der Waals surface area contributed by atoms with Gasteiger partial charge in [0.05, 0.1) is 5.58 Å². The van der Waals surface area contributed by atoms with Crippen LogP contribution in [0.15, 0.2) is 108 Å². The Balaban J connectivity index is 0.000000201. The van der Waals surface area contributed by atoms with Crippen LogP contribution in [0.4, 0.5) is 0 Å². The standard InChI is InChI=1S/C28H19N2O.C15H16N.Ir/c1-17-6-9-23-19(14-17)4-3-5-22(23)21-8-11-26(29-16-21)25-15-20-12-13-31-28(20)27-24(25)10-7-18(2)30-27;1-10-5-6-14(7-11(10)2)15-8-12(3)13(4)9-16-15;/h3-14,16H,1-2H3;5,7-9H,1-4H3;/q2*-1;. The Morgan fingerprint density at radius 1 is 0.667 bits per heavy atom. The SMILES string of the molecule is Cc1c[c-]c(-c2cc(C)c(C)cn2)cc1C.Cc1ccc2c(-c3ccc(-c4[c-]c5ccoc5c5nc(C)ccc45)nc3)cccc2c1.[Ir]. The van der Waals surface area contributed by atoms with Gasteiger partial charge in [-0.2, -0.15) is 0 Å². The Morgan fingerprint density at radius 2 is 1.46 bits per heavy atom. The number of aromatic nitrogens is 3. The predicted octanol–water partition coefficient (Wildman–Crippen LogP) is 11.1. The monoisotopic (exact) mass is 802 g/mol. The fourth-order valence-corrected chi connectivity index (χ4v) is 5.87. The van der Waals surface area contributed by atoms with Crippen LogP contribution in [0.3, 0.4) is 0 Å². The van der Waals surface area contributed by atoms with Crippen molar-refractivity contribution in [2.75, 3.05) is 0 Å². The zero-order valence-corrected chi connectivity index (χ0v) is 30.3. The van der Waals surface area contributed by atoms with E-state index >= 15 is 0 Å². The summed E-state index contributed by atoms with van der Waals surface area (Å²) in [5.74, 6) is 0. The number of nitrogens with zero attached hydrogens (tertiary/aromatic N) is 3. The normalized spacial score (nSPS) is 11.0. The van der Waals surface area contributed by atoms with Crippen LogP contribution in [0.25, 0.3) is 66.3 Å². The molecule has 4 heterocycles. The van der Waals surface area contributed by atoms with Crippen molar-refractivity contribution in [1.82, 2.24) is 15.0 Å². The maximum Gasteiger partial charge on any atom is 0.0847 e. The van der Waals surface area contributed by atoms with E-state index in [0.717, 1.165) is 55.6 Å². The number of furan rings is 1. The summed E-state index contributed by atoms with van der Waals surface area (Å²) in [6.45, 7) is 12.5. The minimum absolute atomic E-state index is 0. The molecule has 0 aliphatic heterocycles. The maximum atomic E-state index is 5.69. The van der Waals surface area contributed by atoms with Crippen molar-refractivity contribution in [2.24, 2.45) is 0 Å². The van der Waals surface area contributed by atoms with Crippen molar-refractivity contribution < 1.29 is 24.5 Å². The minimum atomic E-state index is 0. The van der Waals surface area contributed by atoms with Gasteiger partial charge in [-0.25, -0.2) is 0 Å². The molecule has 0 saturated carbocycles. The van der Waals surface area contributed by atoms with Crippen molar-refractivity contribution in [3.63, 3.8) is 0 Å². The van der Waals surface area contributed by atoms with Crippen molar-refractivity contribution in [1.29, 1.82) is 0 Å². The Kier molecular flexibility index (Phi) is 9.37. The molecule has 0 N–H and O–H groups in total. The molecule has 0 aliphatic carbocycles. The van der Waals surface area contributed by atoms with Crippen LogP contribution >= 0.6 is 0 Å². The van der Waals surface area contributed by atoms with E-state index in [1.165, 1.54) is 44.2 Å². The van der Waals surface area contributed by atoms with Gasteiger partial charge in [0.15, 0.2) is 0 Å². The molecule has 48 heavy (non-hydrogen) atoms. The fourth-order valence-electron chi connectivity index (χ4n) is 5.87. The van der Waals surface area contributed by atoms with E-state index in [1.54, 1.807) is 6.26 Å². The Morgan fingerprint density at radius 3 is 2.23 bits per heavy atom. The largest absolute Gasteiger partial charge is 0.506 e. The molecule has 0 saturated heterocycles. The third-order valence-electron chi connectivity index (χ3n) is 8.89. The summed E-state index contributed by atoms with van der Waals surface area (Å²) in [6, 6.07) is 36.3. The van der Waals surface area contributed by atoms with Gasteiger partial charge in [0.1, 0.15) is 0 Å². The molecule has 4 nitrogen and oxygen atoms in total. The van der Waals surface area contributed by atoms with E-state index in [9.17, 15) is 0 Å². The van der Waals surface area contributed by atoms with Crippen LogP contribution in [-0.4, -0.2) is 15.0 Å². The molecular formula is C43H35IrN3O-2. The molecule has 239 valence electrons. The summed E-state index contributed by atoms with van der Waals surface area (Å²) in [6.07, 6.45) is 5.56. The maximum absolute atomic E-state index is 5.69. The van der Waals surface area contributed by atoms with Crippen LogP contribution in [0.2, 0.25) is 0 Å². The van der Waals surface area contributed by atoms with Gasteiger partial charge in [-0.3, -0.25) is 9.97 Å². The van der Waals surface area contributed by atoms with E-state index < -0.39 is 0 Å². The summed E-state index contributed by atoms with van der Waals surface area (Å²) >= 11 is 0. The number of hydrogen-bond donors (Lipinski definition) is 0. The van der Waals surface area contributed by atoms with Crippen LogP contribution in [0, 0.1) is 53.7 Å². The molecule has 0 aliphatic rings. The molecule has 0 unspecified atom stereocenters. The van der Waals surface area contributed by atoms with Gasteiger partial charge in [-0.15, -0.1) is 41.0 Å². The Bertz CT molecular complexity index is 2380. The molecule has 4 aromatic carbocycles. The smallest absolute Gasteiger partial charge is 0.0847 e. The van der Waals surface area contributed by atoms with E-state index in [1.807, 2.05) is 37.5 Å². The Labute approximate surface area is 295 Å². The van der Waals surface area contributed by atoms with Gasteiger partial charge in [-0.05, 0) is 66.9 Å². The molecule has 0 amide bonds. The van der Waals surface area contributed by atoms with Gasteiger partial charge >= 0.3 is 0 Å². The molecular weight excluding hydrogens is 767 g/mol. The number of hydrogen-bond acceptors (Lipinski definition) is 4. The molecule has 0 bridgehead atoms.